The van der Waals surface area contributed by atoms with E-state index in [-0.39, 0.29) is 22.0 Å². The van der Waals surface area contributed by atoms with Crippen molar-refractivity contribution >= 4 is 33.6 Å². The number of likely N-dealkylation sites (N-methyl/N-ethyl adjacent to an activating group) is 1. The monoisotopic (exact) mass is 682 g/mol. The Bertz CT molecular complexity index is 1720. The molecule has 3 aromatic carbocycles. The van der Waals surface area contributed by atoms with Crippen LogP contribution in [0.1, 0.15) is 66.4 Å². The number of carbonyl (C=O) groups is 3. The van der Waals surface area contributed by atoms with Crippen LogP contribution >= 0.6 is 0 Å². The second-order valence-electron chi connectivity index (χ2n) is 11.0. The van der Waals surface area contributed by atoms with Crippen molar-refractivity contribution < 1.29 is 54.2 Å². The second-order valence-corrected chi connectivity index (χ2v) is 12.9. The van der Waals surface area contributed by atoms with Gasteiger partial charge in [0.1, 0.15) is 6.04 Å². The van der Waals surface area contributed by atoms with Gasteiger partial charge in [-0.3, -0.25) is 9.59 Å². The highest BCUT2D eigenvalue weighted by Gasteiger charge is 2.40. The number of esters is 2. The molecule has 252 valence electrons. The van der Waals surface area contributed by atoms with Gasteiger partial charge < -0.3 is 14.8 Å². The Hall–Kier alpha value is -4.37. The number of hydrogen-bond donors (Lipinski definition) is 1. The van der Waals surface area contributed by atoms with Gasteiger partial charge in [-0.2, -0.15) is 4.31 Å². The minimum absolute atomic E-state index is 0.00997. The molecular weight excluding hydrogens is 651 g/mol. The SMILES string of the molecule is CC(=O)OCOC(=O)c1ccc(NC(=O)C(Cc2ccc(C3CCCCC3)cc2)N(C)S(=O)(=O)c2c(F)c(F)c(F)c(F)c2F)cc1. The zero-order valence-electron chi connectivity index (χ0n) is 25.3. The Balaban J connectivity index is 1.63. The summed E-state index contributed by atoms with van der Waals surface area (Å²) >= 11 is 0. The maximum Gasteiger partial charge on any atom is 0.341 e. The van der Waals surface area contributed by atoms with Gasteiger partial charge in [0.2, 0.25) is 28.5 Å². The largest absolute Gasteiger partial charge is 0.428 e. The average molecular weight is 683 g/mol. The number of halogens is 5. The molecule has 9 nitrogen and oxygen atoms in total. The number of hydrogen-bond acceptors (Lipinski definition) is 7. The summed E-state index contributed by atoms with van der Waals surface area (Å²) in [5, 5.41) is 2.45. The first-order valence-corrected chi connectivity index (χ1v) is 16.0. The van der Waals surface area contributed by atoms with Crippen molar-refractivity contribution in [1.82, 2.24) is 4.31 Å². The van der Waals surface area contributed by atoms with E-state index in [1.54, 1.807) is 12.1 Å². The summed E-state index contributed by atoms with van der Waals surface area (Å²) in [5.41, 5.74) is 1.58. The van der Waals surface area contributed by atoms with Gasteiger partial charge in [-0.05, 0) is 60.6 Å². The van der Waals surface area contributed by atoms with Crippen LogP contribution in [0.3, 0.4) is 0 Å². The molecule has 1 N–H and O–H groups in total. The molecule has 4 rings (SSSR count). The van der Waals surface area contributed by atoms with Crippen molar-refractivity contribution in [3.8, 4) is 0 Å². The smallest absolute Gasteiger partial charge is 0.341 e. The van der Waals surface area contributed by atoms with Crippen LogP contribution in [0.5, 0.6) is 0 Å². The van der Waals surface area contributed by atoms with E-state index in [0.717, 1.165) is 51.6 Å². The van der Waals surface area contributed by atoms with Crippen molar-refractivity contribution in [2.75, 3.05) is 19.2 Å². The second kappa shape index (κ2) is 15.0. The summed E-state index contributed by atoms with van der Waals surface area (Å²) in [7, 11) is -4.71. The number of nitrogens with one attached hydrogen (secondary N) is 1. The lowest BCUT2D eigenvalue weighted by Crippen LogP contribution is -2.47. The van der Waals surface area contributed by atoms with E-state index in [0.29, 0.717) is 11.5 Å². The van der Waals surface area contributed by atoms with Crippen LogP contribution < -0.4 is 5.32 Å². The van der Waals surface area contributed by atoms with E-state index in [9.17, 15) is 44.8 Å². The van der Waals surface area contributed by atoms with Gasteiger partial charge in [-0.1, -0.05) is 43.5 Å². The minimum Gasteiger partial charge on any atom is -0.428 e. The molecule has 1 atom stereocenters. The normalized spacial score (nSPS) is 14.5. The molecule has 1 unspecified atom stereocenters. The van der Waals surface area contributed by atoms with Crippen LogP contribution in [0.4, 0.5) is 27.6 Å². The van der Waals surface area contributed by atoms with Crippen LogP contribution in [-0.2, 0) is 35.5 Å². The fraction of sp³-hybridized carbons (Fsp3) is 0.344. The number of benzene rings is 3. The molecule has 0 saturated heterocycles. The van der Waals surface area contributed by atoms with Crippen LogP contribution in [0.25, 0.3) is 0 Å². The maximum absolute atomic E-state index is 14.6. The number of rotatable bonds is 11. The predicted molar refractivity (Wildman–Crippen MR) is 158 cm³/mol. The third-order valence-electron chi connectivity index (χ3n) is 7.87. The molecule has 0 aliphatic heterocycles. The Kier molecular flexibility index (Phi) is 11.3. The number of amides is 1. The van der Waals surface area contributed by atoms with Crippen molar-refractivity contribution in [2.45, 2.75) is 62.3 Å². The van der Waals surface area contributed by atoms with Gasteiger partial charge in [0.25, 0.3) is 0 Å². The van der Waals surface area contributed by atoms with Gasteiger partial charge in [-0.25, -0.2) is 35.2 Å². The van der Waals surface area contributed by atoms with Crippen LogP contribution in [0, 0.1) is 29.1 Å². The highest BCUT2D eigenvalue weighted by molar-refractivity contribution is 7.89. The minimum atomic E-state index is -5.50. The molecule has 1 fully saturated rings. The molecule has 3 aromatic rings. The van der Waals surface area contributed by atoms with Crippen molar-refractivity contribution in [3.05, 3.63) is 94.3 Å². The Morgan fingerprint density at radius 1 is 0.830 bits per heavy atom. The Morgan fingerprint density at radius 2 is 1.38 bits per heavy atom. The zero-order chi connectivity index (χ0) is 34.5. The van der Waals surface area contributed by atoms with Crippen LogP contribution in [0.2, 0.25) is 0 Å². The summed E-state index contributed by atoms with van der Waals surface area (Å²) in [5.74, 6) is -14.8. The van der Waals surface area contributed by atoms with E-state index in [1.165, 1.54) is 24.3 Å². The molecule has 0 heterocycles. The average Bonchev–Trinajstić information content (AvgIpc) is 3.05. The highest BCUT2D eigenvalue weighted by Crippen LogP contribution is 2.33. The van der Waals surface area contributed by atoms with E-state index < -0.39 is 74.7 Å². The molecule has 0 radical (unpaired) electrons. The van der Waals surface area contributed by atoms with Crippen LogP contribution in [-0.4, -0.2) is 50.5 Å². The fourth-order valence-electron chi connectivity index (χ4n) is 5.26. The molecule has 1 aliphatic rings. The van der Waals surface area contributed by atoms with E-state index in [2.05, 4.69) is 10.1 Å². The number of nitrogens with zero attached hydrogens (tertiary/aromatic N) is 1. The molecule has 0 aromatic heterocycles. The summed E-state index contributed by atoms with van der Waals surface area (Å²) in [6, 6.07) is 10.3. The summed E-state index contributed by atoms with van der Waals surface area (Å²) in [6.45, 7) is 0.497. The summed E-state index contributed by atoms with van der Waals surface area (Å²) in [4.78, 5) is 34.5. The third kappa shape index (κ3) is 8.14. The van der Waals surface area contributed by atoms with E-state index in [1.807, 2.05) is 12.1 Å². The van der Waals surface area contributed by atoms with Gasteiger partial charge in [0, 0.05) is 19.7 Å². The Labute approximate surface area is 267 Å². The number of anilines is 1. The Morgan fingerprint density at radius 3 is 1.94 bits per heavy atom. The molecule has 1 saturated carbocycles. The standard InChI is InChI=1S/C32H31F5N2O7S/c1-18(40)45-17-46-32(42)22-12-14-23(15-13-22)38-31(41)24(16-19-8-10-21(11-9-19)20-6-4-3-5-7-20)39(2)47(43,44)30-28(36)26(34)25(33)27(35)29(30)37/h8-15,20,24H,3-7,16-17H2,1-2H3,(H,38,41). The predicted octanol–water partition coefficient (Wildman–Crippen LogP) is 5.98. The van der Waals surface area contributed by atoms with Gasteiger partial charge in [-0.15, -0.1) is 0 Å². The molecule has 1 aliphatic carbocycles. The zero-order valence-corrected chi connectivity index (χ0v) is 26.1. The first-order chi connectivity index (χ1) is 22.2. The quantitative estimate of drug-likeness (QED) is 0.0870. The lowest BCUT2D eigenvalue weighted by Gasteiger charge is -2.27. The summed E-state index contributed by atoms with van der Waals surface area (Å²) in [6.07, 6.45) is 5.00. The number of ether oxygens (including phenoxy) is 2. The number of sulfonamides is 1. The fourth-order valence-corrected chi connectivity index (χ4v) is 6.68. The van der Waals surface area contributed by atoms with Gasteiger partial charge >= 0.3 is 11.9 Å². The van der Waals surface area contributed by atoms with Crippen molar-refractivity contribution in [1.29, 1.82) is 0 Å². The lowest BCUT2D eigenvalue weighted by molar-refractivity contribution is -0.149. The van der Waals surface area contributed by atoms with Gasteiger partial charge in [0.15, 0.2) is 28.2 Å². The first kappa shape index (κ1) is 35.5. The van der Waals surface area contributed by atoms with Gasteiger partial charge in [0.05, 0.1) is 5.56 Å². The van der Waals surface area contributed by atoms with Crippen molar-refractivity contribution in [2.24, 2.45) is 0 Å². The van der Waals surface area contributed by atoms with E-state index in [4.69, 9.17) is 4.74 Å². The maximum atomic E-state index is 14.6. The molecule has 47 heavy (non-hydrogen) atoms. The molecule has 15 heteroatoms. The molecule has 0 spiro atoms. The third-order valence-corrected chi connectivity index (χ3v) is 9.76. The van der Waals surface area contributed by atoms with E-state index >= 15 is 0 Å². The van der Waals surface area contributed by atoms with Crippen molar-refractivity contribution in [3.63, 3.8) is 0 Å². The summed E-state index contributed by atoms with van der Waals surface area (Å²) < 4.78 is 107. The lowest BCUT2D eigenvalue weighted by atomic mass is 9.84. The molecule has 1 amide bonds. The topological polar surface area (TPSA) is 119 Å². The first-order valence-electron chi connectivity index (χ1n) is 14.5. The van der Waals surface area contributed by atoms with Crippen LogP contribution in [0.15, 0.2) is 53.4 Å². The number of carbonyl (C=O) groups excluding carboxylic acids is 3. The molecular formula is C32H31F5N2O7S. The highest BCUT2D eigenvalue weighted by atomic mass is 32.2. The molecule has 0 bridgehead atoms.